The van der Waals surface area contributed by atoms with Gasteiger partial charge in [0.25, 0.3) is 5.92 Å². The molecular weight excluding hydrogens is 232 g/mol. The van der Waals surface area contributed by atoms with Gasteiger partial charge in [-0.2, -0.15) is 0 Å². The molecule has 0 amide bonds. The lowest BCUT2D eigenvalue weighted by molar-refractivity contribution is -0.0727. The van der Waals surface area contributed by atoms with Crippen molar-refractivity contribution in [3.05, 3.63) is 34.9 Å². The SMILES string of the molecule is FC1(F)CNCCC1Cc1cccc(Cl)c1. The minimum absolute atomic E-state index is 0.210. The van der Waals surface area contributed by atoms with Crippen molar-refractivity contribution in [1.82, 2.24) is 5.32 Å². The first-order valence-electron chi connectivity index (χ1n) is 5.41. The normalized spacial score (nSPS) is 24.3. The molecule has 1 aliphatic rings. The third-order valence-corrected chi connectivity index (χ3v) is 3.23. The summed E-state index contributed by atoms with van der Waals surface area (Å²) < 4.78 is 27.1. The summed E-state index contributed by atoms with van der Waals surface area (Å²) in [6, 6.07) is 7.17. The van der Waals surface area contributed by atoms with Gasteiger partial charge in [-0.15, -0.1) is 0 Å². The van der Waals surface area contributed by atoms with E-state index in [4.69, 9.17) is 11.6 Å². The molecule has 1 aromatic carbocycles. The van der Waals surface area contributed by atoms with E-state index in [9.17, 15) is 8.78 Å². The standard InChI is InChI=1S/C12H14ClF2N/c13-11-3-1-2-9(7-11)6-10-4-5-16-8-12(10,14)15/h1-3,7,10,16H,4-6,8H2. The second kappa shape index (κ2) is 4.68. The fourth-order valence-corrected chi connectivity index (χ4v) is 2.30. The van der Waals surface area contributed by atoms with Crippen LogP contribution in [0.1, 0.15) is 12.0 Å². The van der Waals surface area contributed by atoms with Crippen molar-refractivity contribution < 1.29 is 8.78 Å². The predicted octanol–water partition coefficient (Wildman–Crippen LogP) is 3.13. The number of benzene rings is 1. The highest BCUT2D eigenvalue weighted by molar-refractivity contribution is 6.30. The summed E-state index contributed by atoms with van der Waals surface area (Å²) in [5.74, 6) is -3.19. The Morgan fingerprint density at radius 2 is 2.25 bits per heavy atom. The Bertz CT molecular complexity index is 368. The molecule has 1 unspecified atom stereocenters. The lowest BCUT2D eigenvalue weighted by atomic mass is 9.88. The van der Waals surface area contributed by atoms with Crippen LogP contribution in [0.15, 0.2) is 24.3 Å². The zero-order chi connectivity index (χ0) is 11.6. The molecule has 0 saturated carbocycles. The number of hydrogen-bond donors (Lipinski definition) is 1. The molecule has 1 aliphatic heterocycles. The van der Waals surface area contributed by atoms with Gasteiger partial charge in [0.2, 0.25) is 0 Å². The topological polar surface area (TPSA) is 12.0 Å². The minimum Gasteiger partial charge on any atom is -0.311 e. The van der Waals surface area contributed by atoms with Gasteiger partial charge in [0, 0.05) is 10.9 Å². The van der Waals surface area contributed by atoms with E-state index in [0.29, 0.717) is 24.4 Å². The van der Waals surface area contributed by atoms with Gasteiger partial charge in [0.1, 0.15) is 0 Å². The summed E-state index contributed by atoms with van der Waals surface area (Å²) in [5, 5.41) is 3.33. The van der Waals surface area contributed by atoms with E-state index in [2.05, 4.69) is 5.32 Å². The highest BCUT2D eigenvalue weighted by Gasteiger charge is 2.41. The first kappa shape index (κ1) is 11.8. The molecule has 0 aliphatic carbocycles. The van der Waals surface area contributed by atoms with Crippen LogP contribution in [0.3, 0.4) is 0 Å². The number of alkyl halides is 2. The molecule has 0 aromatic heterocycles. The molecular formula is C12H14ClF2N. The number of piperidine rings is 1. The first-order chi connectivity index (χ1) is 7.58. The van der Waals surface area contributed by atoms with E-state index in [-0.39, 0.29) is 6.54 Å². The third-order valence-electron chi connectivity index (χ3n) is 3.00. The van der Waals surface area contributed by atoms with Gasteiger partial charge in [0.05, 0.1) is 6.54 Å². The molecule has 2 rings (SSSR count). The van der Waals surface area contributed by atoms with Crippen LogP contribution in [-0.4, -0.2) is 19.0 Å². The molecule has 1 N–H and O–H groups in total. The van der Waals surface area contributed by atoms with Gasteiger partial charge in [-0.1, -0.05) is 23.7 Å². The van der Waals surface area contributed by atoms with Gasteiger partial charge in [-0.05, 0) is 37.1 Å². The molecule has 1 atom stereocenters. The largest absolute Gasteiger partial charge is 0.311 e. The summed E-state index contributed by atoms with van der Waals surface area (Å²) in [6.07, 6.45) is 0.911. The second-order valence-electron chi connectivity index (χ2n) is 4.26. The van der Waals surface area contributed by atoms with E-state index in [1.807, 2.05) is 6.07 Å². The maximum Gasteiger partial charge on any atom is 0.263 e. The van der Waals surface area contributed by atoms with Crippen LogP contribution < -0.4 is 5.32 Å². The quantitative estimate of drug-likeness (QED) is 0.844. The Morgan fingerprint density at radius 1 is 1.44 bits per heavy atom. The first-order valence-corrected chi connectivity index (χ1v) is 5.79. The Morgan fingerprint density at radius 3 is 2.94 bits per heavy atom. The van der Waals surface area contributed by atoms with E-state index < -0.39 is 11.8 Å². The van der Waals surface area contributed by atoms with E-state index in [1.165, 1.54) is 0 Å². The summed E-state index contributed by atoms with van der Waals surface area (Å²) in [6.45, 7) is 0.457. The number of hydrogen-bond acceptors (Lipinski definition) is 1. The van der Waals surface area contributed by atoms with E-state index in [0.717, 1.165) is 5.56 Å². The van der Waals surface area contributed by atoms with Crippen molar-refractivity contribution in [1.29, 1.82) is 0 Å². The highest BCUT2D eigenvalue weighted by atomic mass is 35.5. The van der Waals surface area contributed by atoms with Crippen molar-refractivity contribution >= 4 is 11.6 Å². The van der Waals surface area contributed by atoms with Crippen LogP contribution in [0.2, 0.25) is 5.02 Å². The summed E-state index contributed by atoms with van der Waals surface area (Å²) in [7, 11) is 0. The fourth-order valence-electron chi connectivity index (χ4n) is 2.09. The van der Waals surface area contributed by atoms with Gasteiger partial charge in [-0.3, -0.25) is 0 Å². The molecule has 1 fully saturated rings. The van der Waals surface area contributed by atoms with Crippen LogP contribution in [-0.2, 0) is 6.42 Å². The summed E-state index contributed by atoms with van der Waals surface area (Å²) in [5.41, 5.74) is 0.888. The minimum atomic E-state index is -2.61. The van der Waals surface area contributed by atoms with Gasteiger partial charge in [0.15, 0.2) is 0 Å². The zero-order valence-corrected chi connectivity index (χ0v) is 9.61. The highest BCUT2D eigenvalue weighted by Crippen LogP contribution is 2.32. The number of halogens is 3. The molecule has 16 heavy (non-hydrogen) atoms. The molecule has 0 spiro atoms. The third kappa shape index (κ3) is 2.71. The number of rotatable bonds is 2. The monoisotopic (exact) mass is 245 g/mol. The van der Waals surface area contributed by atoms with Crippen LogP contribution in [0.5, 0.6) is 0 Å². The van der Waals surface area contributed by atoms with Crippen LogP contribution in [0, 0.1) is 5.92 Å². The van der Waals surface area contributed by atoms with Crippen molar-refractivity contribution in [2.45, 2.75) is 18.8 Å². The van der Waals surface area contributed by atoms with Crippen LogP contribution in [0.25, 0.3) is 0 Å². The molecule has 0 bridgehead atoms. The molecule has 0 radical (unpaired) electrons. The average molecular weight is 246 g/mol. The Hall–Kier alpha value is -0.670. The Labute approximate surface area is 98.8 Å². The van der Waals surface area contributed by atoms with Crippen LogP contribution in [0.4, 0.5) is 8.78 Å². The molecule has 4 heteroatoms. The smallest absolute Gasteiger partial charge is 0.263 e. The summed E-state index contributed by atoms with van der Waals surface area (Å²) in [4.78, 5) is 0. The summed E-state index contributed by atoms with van der Waals surface area (Å²) >= 11 is 5.83. The predicted molar refractivity (Wildman–Crippen MR) is 61.1 cm³/mol. The zero-order valence-electron chi connectivity index (χ0n) is 8.85. The second-order valence-corrected chi connectivity index (χ2v) is 4.69. The Kier molecular flexibility index (Phi) is 3.45. The van der Waals surface area contributed by atoms with Gasteiger partial charge in [-0.25, -0.2) is 8.78 Å². The molecule has 1 saturated heterocycles. The fraction of sp³-hybridized carbons (Fsp3) is 0.500. The van der Waals surface area contributed by atoms with E-state index >= 15 is 0 Å². The van der Waals surface area contributed by atoms with Crippen molar-refractivity contribution in [3.63, 3.8) is 0 Å². The molecule has 88 valence electrons. The van der Waals surface area contributed by atoms with Crippen molar-refractivity contribution in [3.8, 4) is 0 Å². The average Bonchev–Trinajstić information content (AvgIpc) is 2.21. The van der Waals surface area contributed by atoms with Crippen LogP contribution >= 0.6 is 11.6 Å². The molecule has 1 nitrogen and oxygen atoms in total. The van der Waals surface area contributed by atoms with E-state index in [1.54, 1.807) is 18.2 Å². The van der Waals surface area contributed by atoms with Crippen molar-refractivity contribution in [2.75, 3.05) is 13.1 Å². The maximum absolute atomic E-state index is 13.6. The molecule has 1 heterocycles. The lowest BCUT2D eigenvalue weighted by Gasteiger charge is -2.32. The van der Waals surface area contributed by atoms with Crippen molar-refractivity contribution in [2.24, 2.45) is 5.92 Å². The van der Waals surface area contributed by atoms with Gasteiger partial charge < -0.3 is 5.32 Å². The Balaban J connectivity index is 2.08. The maximum atomic E-state index is 13.6. The lowest BCUT2D eigenvalue weighted by Crippen LogP contribution is -2.46. The van der Waals surface area contributed by atoms with Gasteiger partial charge >= 0.3 is 0 Å². The molecule has 1 aromatic rings. The number of nitrogens with one attached hydrogen (secondary N) is 1.